The molecule has 1 saturated heterocycles. The molecular formula is C15H19N5O2. The number of hydrogen-bond donors (Lipinski definition) is 0. The Kier molecular flexibility index (Phi) is 4.32. The number of rotatable bonds is 4. The van der Waals surface area contributed by atoms with Gasteiger partial charge in [-0.05, 0) is 6.07 Å². The van der Waals surface area contributed by atoms with Crippen molar-refractivity contribution in [3.8, 4) is 0 Å². The van der Waals surface area contributed by atoms with Gasteiger partial charge < -0.3 is 14.2 Å². The molecule has 1 aliphatic heterocycles. The number of nitrogens with zero attached hydrogens (tertiary/aromatic N) is 5. The Morgan fingerprint density at radius 2 is 1.95 bits per heavy atom. The van der Waals surface area contributed by atoms with Gasteiger partial charge in [0.25, 0.3) is 0 Å². The fourth-order valence-electron chi connectivity index (χ4n) is 2.53. The van der Waals surface area contributed by atoms with E-state index in [2.05, 4.69) is 19.9 Å². The average molecular weight is 301 g/mol. The number of amides is 1. The summed E-state index contributed by atoms with van der Waals surface area (Å²) in [4.78, 5) is 28.9. The summed E-state index contributed by atoms with van der Waals surface area (Å²) in [6, 6.07) is 1.80. The molecule has 22 heavy (non-hydrogen) atoms. The van der Waals surface area contributed by atoms with Crippen molar-refractivity contribution >= 4 is 11.9 Å². The minimum atomic E-state index is 0.161. The summed E-state index contributed by atoms with van der Waals surface area (Å²) in [5.41, 5.74) is 0.835. The SMILES string of the molecule is Cc1nc(CCC(=O)N2CCN(c3ncccn3)CC2)co1. The first-order valence-electron chi connectivity index (χ1n) is 7.43. The normalized spacial score (nSPS) is 15.1. The minimum Gasteiger partial charge on any atom is -0.449 e. The maximum atomic E-state index is 12.2. The van der Waals surface area contributed by atoms with E-state index in [0.29, 0.717) is 31.8 Å². The van der Waals surface area contributed by atoms with Crippen molar-refractivity contribution in [1.82, 2.24) is 19.9 Å². The largest absolute Gasteiger partial charge is 0.449 e. The molecule has 0 N–H and O–H groups in total. The van der Waals surface area contributed by atoms with Crippen LogP contribution in [0, 0.1) is 6.92 Å². The third-order valence-corrected chi connectivity index (χ3v) is 3.73. The monoisotopic (exact) mass is 301 g/mol. The first-order valence-corrected chi connectivity index (χ1v) is 7.43. The van der Waals surface area contributed by atoms with Gasteiger partial charge in [-0.2, -0.15) is 0 Å². The van der Waals surface area contributed by atoms with Crippen molar-refractivity contribution in [3.05, 3.63) is 36.3 Å². The lowest BCUT2D eigenvalue weighted by Crippen LogP contribution is -2.49. The van der Waals surface area contributed by atoms with Crippen molar-refractivity contribution < 1.29 is 9.21 Å². The van der Waals surface area contributed by atoms with Crippen molar-refractivity contribution in [2.75, 3.05) is 31.1 Å². The van der Waals surface area contributed by atoms with Gasteiger partial charge >= 0.3 is 0 Å². The zero-order chi connectivity index (χ0) is 15.4. The first kappa shape index (κ1) is 14.5. The quantitative estimate of drug-likeness (QED) is 0.840. The third kappa shape index (κ3) is 3.41. The maximum Gasteiger partial charge on any atom is 0.225 e. The lowest BCUT2D eigenvalue weighted by molar-refractivity contribution is -0.131. The summed E-state index contributed by atoms with van der Waals surface area (Å²) < 4.78 is 5.15. The molecule has 7 heteroatoms. The number of anilines is 1. The minimum absolute atomic E-state index is 0.161. The molecule has 1 fully saturated rings. The van der Waals surface area contributed by atoms with Crippen LogP contribution in [0.1, 0.15) is 18.0 Å². The van der Waals surface area contributed by atoms with Crippen molar-refractivity contribution in [2.24, 2.45) is 0 Å². The van der Waals surface area contributed by atoms with Crippen molar-refractivity contribution in [3.63, 3.8) is 0 Å². The van der Waals surface area contributed by atoms with Crippen LogP contribution in [0.2, 0.25) is 0 Å². The molecule has 1 aliphatic rings. The summed E-state index contributed by atoms with van der Waals surface area (Å²) >= 11 is 0. The average Bonchev–Trinajstić information content (AvgIpc) is 2.99. The predicted molar refractivity (Wildman–Crippen MR) is 80.4 cm³/mol. The van der Waals surface area contributed by atoms with E-state index < -0.39 is 0 Å². The molecule has 1 amide bonds. The summed E-state index contributed by atoms with van der Waals surface area (Å²) in [6.45, 7) is 4.73. The van der Waals surface area contributed by atoms with Crippen LogP contribution in [0.4, 0.5) is 5.95 Å². The first-order chi connectivity index (χ1) is 10.7. The second-order valence-corrected chi connectivity index (χ2v) is 5.27. The van der Waals surface area contributed by atoms with Crippen LogP contribution in [-0.2, 0) is 11.2 Å². The zero-order valence-corrected chi connectivity index (χ0v) is 12.6. The Morgan fingerprint density at radius 1 is 1.23 bits per heavy atom. The number of aromatic nitrogens is 3. The van der Waals surface area contributed by atoms with Gasteiger partial charge in [-0.25, -0.2) is 15.0 Å². The smallest absolute Gasteiger partial charge is 0.225 e. The predicted octanol–water partition coefficient (Wildman–Crippen LogP) is 1.05. The molecule has 3 rings (SSSR count). The van der Waals surface area contributed by atoms with Crippen LogP contribution >= 0.6 is 0 Å². The van der Waals surface area contributed by atoms with Gasteiger partial charge in [-0.1, -0.05) is 0 Å². The number of oxazole rings is 1. The van der Waals surface area contributed by atoms with E-state index in [0.717, 1.165) is 24.7 Å². The summed E-state index contributed by atoms with van der Waals surface area (Å²) in [7, 11) is 0. The van der Waals surface area contributed by atoms with Crippen LogP contribution in [0.3, 0.4) is 0 Å². The molecule has 0 aliphatic carbocycles. The molecule has 7 nitrogen and oxygen atoms in total. The van der Waals surface area contributed by atoms with Crippen LogP contribution < -0.4 is 4.90 Å². The molecule has 0 unspecified atom stereocenters. The van der Waals surface area contributed by atoms with Crippen LogP contribution in [0.15, 0.2) is 29.1 Å². The number of aryl methyl sites for hydroxylation is 2. The van der Waals surface area contributed by atoms with E-state index >= 15 is 0 Å². The highest BCUT2D eigenvalue weighted by Gasteiger charge is 2.22. The number of carbonyl (C=O) groups is 1. The van der Waals surface area contributed by atoms with Crippen molar-refractivity contribution in [1.29, 1.82) is 0 Å². The Hall–Kier alpha value is -2.44. The summed E-state index contributed by atoms with van der Waals surface area (Å²) in [5, 5.41) is 0. The molecule has 2 aromatic rings. The topological polar surface area (TPSA) is 75.4 Å². The second kappa shape index (κ2) is 6.55. The fourth-order valence-corrected chi connectivity index (χ4v) is 2.53. The molecule has 2 aromatic heterocycles. The third-order valence-electron chi connectivity index (χ3n) is 3.73. The van der Waals surface area contributed by atoms with E-state index in [9.17, 15) is 4.79 Å². The summed E-state index contributed by atoms with van der Waals surface area (Å²) in [6.07, 6.45) is 6.18. The Balaban J connectivity index is 1.47. The molecule has 0 radical (unpaired) electrons. The van der Waals surface area contributed by atoms with E-state index in [4.69, 9.17) is 4.42 Å². The van der Waals surface area contributed by atoms with E-state index in [1.165, 1.54) is 0 Å². The van der Waals surface area contributed by atoms with Crippen LogP contribution in [0.25, 0.3) is 0 Å². The van der Waals surface area contributed by atoms with E-state index in [-0.39, 0.29) is 5.91 Å². The van der Waals surface area contributed by atoms with Gasteiger partial charge in [0.15, 0.2) is 5.89 Å². The van der Waals surface area contributed by atoms with Crippen molar-refractivity contribution in [2.45, 2.75) is 19.8 Å². The Morgan fingerprint density at radius 3 is 2.59 bits per heavy atom. The van der Waals surface area contributed by atoms with Gasteiger partial charge in [-0.15, -0.1) is 0 Å². The molecular weight excluding hydrogens is 282 g/mol. The molecule has 3 heterocycles. The van der Waals surface area contributed by atoms with Gasteiger partial charge in [-0.3, -0.25) is 4.79 Å². The maximum absolute atomic E-state index is 12.2. The van der Waals surface area contributed by atoms with E-state index in [1.807, 2.05) is 4.90 Å². The van der Waals surface area contributed by atoms with Gasteiger partial charge in [0.1, 0.15) is 6.26 Å². The van der Waals surface area contributed by atoms with Gasteiger partial charge in [0.2, 0.25) is 11.9 Å². The number of carbonyl (C=O) groups excluding carboxylic acids is 1. The van der Waals surface area contributed by atoms with E-state index in [1.54, 1.807) is 31.6 Å². The van der Waals surface area contributed by atoms with Gasteiger partial charge in [0, 0.05) is 58.3 Å². The molecule has 0 saturated carbocycles. The summed E-state index contributed by atoms with van der Waals surface area (Å²) in [5.74, 6) is 1.53. The zero-order valence-electron chi connectivity index (χ0n) is 12.6. The molecule has 0 bridgehead atoms. The Labute approximate surface area is 129 Å². The molecule has 0 spiro atoms. The second-order valence-electron chi connectivity index (χ2n) is 5.27. The van der Waals surface area contributed by atoms with Gasteiger partial charge in [0.05, 0.1) is 5.69 Å². The number of hydrogen-bond acceptors (Lipinski definition) is 6. The standard InChI is InChI=1S/C15H19N5O2/c1-12-18-13(11-22-12)3-4-14(21)19-7-9-20(10-8-19)15-16-5-2-6-17-15/h2,5-6,11H,3-4,7-10H2,1H3. The lowest BCUT2D eigenvalue weighted by Gasteiger charge is -2.34. The highest BCUT2D eigenvalue weighted by atomic mass is 16.3. The molecule has 0 atom stereocenters. The highest BCUT2D eigenvalue weighted by Crippen LogP contribution is 2.11. The Bertz CT molecular complexity index is 620. The highest BCUT2D eigenvalue weighted by molar-refractivity contribution is 5.76. The van der Waals surface area contributed by atoms with Crippen LogP contribution in [-0.4, -0.2) is 51.9 Å². The molecule has 0 aromatic carbocycles. The lowest BCUT2D eigenvalue weighted by atomic mass is 10.2. The number of piperazine rings is 1. The fraction of sp³-hybridized carbons (Fsp3) is 0.467. The van der Waals surface area contributed by atoms with Crippen LogP contribution in [0.5, 0.6) is 0 Å². The molecule has 116 valence electrons.